The number of anilines is 1. The molecule has 0 aromatic heterocycles. The second-order valence-corrected chi connectivity index (χ2v) is 3.87. The lowest BCUT2D eigenvalue weighted by Gasteiger charge is -2.03. The lowest BCUT2D eigenvalue weighted by molar-refractivity contribution is -0.115. The van der Waals surface area contributed by atoms with Crippen molar-refractivity contribution in [3.63, 3.8) is 0 Å². The van der Waals surface area contributed by atoms with Crippen molar-refractivity contribution in [3.8, 4) is 0 Å². The molecule has 2 rings (SSSR count). The fourth-order valence-electron chi connectivity index (χ4n) is 1.79. The number of hydrogen-bond donors (Lipinski definition) is 2. The second-order valence-electron chi connectivity index (χ2n) is 3.87. The maximum absolute atomic E-state index is 11.7. The van der Waals surface area contributed by atoms with Crippen molar-refractivity contribution < 1.29 is 9.59 Å². The fourth-order valence-corrected chi connectivity index (χ4v) is 1.79. The van der Waals surface area contributed by atoms with Gasteiger partial charge in [0.15, 0.2) is 5.78 Å². The Morgan fingerprint density at radius 3 is 3.06 bits per heavy atom. The Labute approximate surface area is 94.0 Å². The van der Waals surface area contributed by atoms with E-state index in [4.69, 9.17) is 0 Å². The molecule has 1 amide bonds. The molecule has 1 heterocycles. The zero-order valence-corrected chi connectivity index (χ0v) is 9.17. The highest BCUT2D eigenvalue weighted by atomic mass is 16.1. The number of hydrogen-bond acceptors (Lipinski definition) is 3. The summed E-state index contributed by atoms with van der Waals surface area (Å²) in [5.74, 6) is 0.103. The normalized spacial score (nSPS) is 13.4. The molecule has 16 heavy (non-hydrogen) atoms. The zero-order chi connectivity index (χ0) is 11.5. The number of ketones is 1. The Morgan fingerprint density at radius 2 is 2.31 bits per heavy atom. The van der Waals surface area contributed by atoms with Crippen LogP contribution in [0.5, 0.6) is 0 Å². The summed E-state index contributed by atoms with van der Waals surface area (Å²) in [6.45, 7) is 0.674. The van der Waals surface area contributed by atoms with Crippen molar-refractivity contribution in [2.45, 2.75) is 12.8 Å². The molecule has 0 saturated carbocycles. The number of Topliss-reactive ketones (excluding diaryl/α,β-unsaturated/α-hetero) is 1. The van der Waals surface area contributed by atoms with Crippen molar-refractivity contribution in [3.05, 3.63) is 29.3 Å². The molecule has 1 aromatic carbocycles. The minimum atomic E-state index is -0.00479. The first-order valence-corrected chi connectivity index (χ1v) is 5.31. The number of amides is 1. The van der Waals surface area contributed by atoms with E-state index in [1.807, 2.05) is 13.1 Å². The Hall–Kier alpha value is -1.68. The molecule has 4 heteroatoms. The van der Waals surface area contributed by atoms with Gasteiger partial charge in [-0.3, -0.25) is 9.59 Å². The summed E-state index contributed by atoms with van der Waals surface area (Å²) in [5.41, 5.74) is 2.43. The van der Waals surface area contributed by atoms with Crippen LogP contribution in [-0.2, 0) is 11.2 Å². The monoisotopic (exact) mass is 218 g/mol. The molecular weight excluding hydrogens is 204 g/mol. The maximum Gasteiger partial charge on any atom is 0.228 e. The van der Waals surface area contributed by atoms with Gasteiger partial charge in [-0.1, -0.05) is 0 Å². The predicted molar refractivity (Wildman–Crippen MR) is 61.6 cm³/mol. The van der Waals surface area contributed by atoms with Gasteiger partial charge in [-0.2, -0.15) is 0 Å². The summed E-state index contributed by atoms with van der Waals surface area (Å²) in [5, 5.41) is 5.68. The van der Waals surface area contributed by atoms with Crippen molar-refractivity contribution >= 4 is 17.4 Å². The molecule has 0 atom stereocenters. The largest absolute Gasteiger partial charge is 0.326 e. The Kier molecular flexibility index (Phi) is 3.01. The number of carbonyl (C=O) groups is 2. The maximum atomic E-state index is 11.7. The van der Waals surface area contributed by atoms with Gasteiger partial charge in [-0.05, 0) is 30.8 Å². The quantitative estimate of drug-likeness (QED) is 0.740. The highest BCUT2D eigenvalue weighted by Gasteiger charge is 2.18. The van der Waals surface area contributed by atoms with Gasteiger partial charge in [-0.25, -0.2) is 0 Å². The van der Waals surface area contributed by atoms with E-state index in [-0.39, 0.29) is 11.7 Å². The Balaban J connectivity index is 2.16. The van der Waals surface area contributed by atoms with Crippen LogP contribution in [0.25, 0.3) is 0 Å². The van der Waals surface area contributed by atoms with Crippen molar-refractivity contribution in [2.75, 3.05) is 18.9 Å². The number of benzene rings is 1. The minimum Gasteiger partial charge on any atom is -0.326 e. The first kappa shape index (κ1) is 10.8. The van der Waals surface area contributed by atoms with Crippen molar-refractivity contribution in [2.24, 2.45) is 0 Å². The first-order valence-electron chi connectivity index (χ1n) is 5.31. The smallest absolute Gasteiger partial charge is 0.228 e. The highest BCUT2D eigenvalue weighted by Crippen LogP contribution is 2.24. The van der Waals surface area contributed by atoms with Gasteiger partial charge >= 0.3 is 0 Å². The van der Waals surface area contributed by atoms with E-state index in [2.05, 4.69) is 10.6 Å². The number of carbonyl (C=O) groups excluding carboxylic acids is 2. The van der Waals surface area contributed by atoms with Crippen LogP contribution in [0, 0.1) is 0 Å². The van der Waals surface area contributed by atoms with E-state index in [1.165, 1.54) is 0 Å². The van der Waals surface area contributed by atoms with Crippen molar-refractivity contribution in [1.29, 1.82) is 0 Å². The average molecular weight is 218 g/mol. The lowest BCUT2D eigenvalue weighted by Crippen LogP contribution is -2.13. The first-order chi connectivity index (χ1) is 7.70. The molecule has 0 bridgehead atoms. The summed E-state index contributed by atoms with van der Waals surface area (Å²) < 4.78 is 0. The molecule has 0 unspecified atom stereocenters. The Morgan fingerprint density at radius 1 is 1.50 bits per heavy atom. The fraction of sp³-hybridized carbons (Fsp3) is 0.333. The summed E-state index contributed by atoms with van der Waals surface area (Å²) in [7, 11) is 1.82. The molecule has 0 fully saturated rings. The van der Waals surface area contributed by atoms with Gasteiger partial charge in [0.2, 0.25) is 5.91 Å². The molecule has 0 saturated heterocycles. The van der Waals surface area contributed by atoms with E-state index < -0.39 is 0 Å². The van der Waals surface area contributed by atoms with E-state index in [9.17, 15) is 9.59 Å². The molecule has 84 valence electrons. The third kappa shape index (κ3) is 2.12. The standard InChI is InChI=1S/C12H14N2O2/c1-13-5-4-11(15)8-2-3-10-9(6-8)7-12(16)14-10/h2-3,6,13H,4-5,7H2,1H3,(H,14,16). The van der Waals surface area contributed by atoms with Gasteiger partial charge in [0.1, 0.15) is 0 Å². The molecule has 1 aliphatic rings. The van der Waals surface area contributed by atoms with Crippen molar-refractivity contribution in [1.82, 2.24) is 5.32 Å². The second kappa shape index (κ2) is 4.45. The van der Waals surface area contributed by atoms with Crippen LogP contribution < -0.4 is 10.6 Å². The predicted octanol–water partition coefficient (Wildman–Crippen LogP) is 0.973. The molecule has 0 spiro atoms. The lowest BCUT2D eigenvalue weighted by atomic mass is 10.0. The van der Waals surface area contributed by atoms with Crippen LogP contribution >= 0.6 is 0 Å². The van der Waals surface area contributed by atoms with Crippen LogP contribution in [0.2, 0.25) is 0 Å². The molecule has 0 aliphatic carbocycles. The molecule has 2 N–H and O–H groups in total. The van der Waals surface area contributed by atoms with E-state index in [0.29, 0.717) is 24.9 Å². The number of fused-ring (bicyclic) bond motifs is 1. The Bertz CT molecular complexity index is 441. The third-order valence-corrected chi connectivity index (χ3v) is 2.65. The molecule has 4 nitrogen and oxygen atoms in total. The van der Waals surface area contributed by atoms with Gasteiger partial charge in [0.25, 0.3) is 0 Å². The van der Waals surface area contributed by atoms with Crippen LogP contribution in [0.3, 0.4) is 0 Å². The molecular formula is C12H14N2O2. The van der Waals surface area contributed by atoms with Crippen LogP contribution in [0.15, 0.2) is 18.2 Å². The third-order valence-electron chi connectivity index (χ3n) is 2.65. The average Bonchev–Trinajstić information content (AvgIpc) is 2.64. The summed E-state index contributed by atoms with van der Waals surface area (Å²) in [4.78, 5) is 22.9. The van der Waals surface area contributed by atoms with E-state index in [1.54, 1.807) is 12.1 Å². The SMILES string of the molecule is CNCCC(=O)c1ccc2c(c1)CC(=O)N2. The summed E-state index contributed by atoms with van der Waals surface area (Å²) >= 11 is 0. The zero-order valence-electron chi connectivity index (χ0n) is 9.17. The summed E-state index contributed by atoms with van der Waals surface area (Å²) in [6, 6.07) is 5.38. The molecule has 1 aromatic rings. The number of nitrogens with one attached hydrogen (secondary N) is 2. The highest BCUT2D eigenvalue weighted by molar-refractivity contribution is 6.02. The molecule has 0 radical (unpaired) electrons. The van der Waals surface area contributed by atoms with Crippen LogP contribution in [-0.4, -0.2) is 25.3 Å². The topological polar surface area (TPSA) is 58.2 Å². The van der Waals surface area contributed by atoms with Crippen LogP contribution in [0.1, 0.15) is 22.3 Å². The minimum absolute atomic E-state index is 0.00479. The number of rotatable bonds is 4. The van der Waals surface area contributed by atoms with E-state index in [0.717, 1.165) is 11.3 Å². The van der Waals surface area contributed by atoms with Gasteiger partial charge < -0.3 is 10.6 Å². The summed E-state index contributed by atoms with van der Waals surface area (Å²) in [6.07, 6.45) is 0.860. The van der Waals surface area contributed by atoms with Gasteiger partial charge in [0, 0.05) is 24.2 Å². The van der Waals surface area contributed by atoms with E-state index >= 15 is 0 Å². The van der Waals surface area contributed by atoms with Crippen LogP contribution in [0.4, 0.5) is 5.69 Å². The van der Waals surface area contributed by atoms with Gasteiger partial charge in [0.05, 0.1) is 6.42 Å². The molecule has 1 aliphatic heterocycles. The van der Waals surface area contributed by atoms with Gasteiger partial charge in [-0.15, -0.1) is 0 Å².